The molecule has 0 spiro atoms. The second kappa shape index (κ2) is 11.3. The minimum Gasteiger partial charge on any atom is -1.00 e. The van der Waals surface area contributed by atoms with Gasteiger partial charge < -0.3 is 2.85 Å². The summed E-state index contributed by atoms with van der Waals surface area (Å²) in [5.41, 5.74) is 2.89. The second-order valence-corrected chi connectivity index (χ2v) is 4.87. The summed E-state index contributed by atoms with van der Waals surface area (Å²) >= 11 is 0. The molecule has 0 heterocycles. The van der Waals surface area contributed by atoms with Gasteiger partial charge in [-0.1, -0.05) is 86.8 Å². The smallest absolute Gasteiger partial charge is 1.00 e. The van der Waals surface area contributed by atoms with Crippen LogP contribution in [0.2, 0.25) is 0 Å². The molecule has 0 amide bonds. The van der Waals surface area contributed by atoms with E-state index >= 15 is 0 Å². The number of benzene rings is 2. The summed E-state index contributed by atoms with van der Waals surface area (Å²) in [6.07, 6.45) is 5.18. The Bertz CT molecular complexity index is 410. The van der Waals surface area contributed by atoms with Gasteiger partial charge in [0.1, 0.15) is 0 Å². The molecule has 20 heavy (non-hydrogen) atoms. The molecule has 0 aromatic heterocycles. The van der Waals surface area contributed by atoms with Gasteiger partial charge >= 0.3 is 37.7 Å². The molecule has 0 atom stereocenters. The van der Waals surface area contributed by atoms with E-state index in [4.69, 9.17) is 0 Å². The Morgan fingerprint density at radius 3 is 1.60 bits per heavy atom. The summed E-state index contributed by atoms with van der Waals surface area (Å²) in [5, 5.41) is 0. The van der Waals surface area contributed by atoms with Crippen LogP contribution in [0.5, 0.6) is 0 Å². The van der Waals surface area contributed by atoms with E-state index in [0.717, 1.165) is 0 Å². The number of rotatable bonds is 6. The van der Waals surface area contributed by atoms with Gasteiger partial charge in [-0.15, -0.1) is 0 Å². The fourth-order valence-corrected chi connectivity index (χ4v) is 2.49. The Morgan fingerprint density at radius 1 is 0.750 bits per heavy atom. The minimum atomic E-state index is 0. The average Bonchev–Trinajstić information content (AvgIpc) is 2.46. The molecule has 0 fully saturated rings. The third-order valence-corrected chi connectivity index (χ3v) is 3.50. The van der Waals surface area contributed by atoms with Crippen LogP contribution in [0.15, 0.2) is 60.7 Å². The molecular formula is C18H24Li2. The van der Waals surface area contributed by atoms with Gasteiger partial charge in [0.2, 0.25) is 0 Å². The quantitative estimate of drug-likeness (QED) is 0.487. The van der Waals surface area contributed by atoms with Crippen LogP contribution in [0.4, 0.5) is 0 Å². The fourth-order valence-electron chi connectivity index (χ4n) is 2.49. The number of unbranched alkanes of at least 4 members (excludes halogenated alkanes) is 2. The van der Waals surface area contributed by atoms with E-state index in [1.807, 2.05) is 0 Å². The van der Waals surface area contributed by atoms with Gasteiger partial charge in [-0.2, -0.15) is 0 Å². The van der Waals surface area contributed by atoms with Crippen LogP contribution in [-0.2, 0) is 0 Å². The monoisotopic (exact) mass is 254 g/mol. The van der Waals surface area contributed by atoms with Crippen LogP contribution in [0, 0.1) is 0 Å². The van der Waals surface area contributed by atoms with Gasteiger partial charge in [-0.05, 0) is 17.5 Å². The molecule has 0 bridgehead atoms. The van der Waals surface area contributed by atoms with Crippen molar-refractivity contribution in [3.05, 3.63) is 71.8 Å². The molecule has 0 aliphatic rings. The first-order valence-electron chi connectivity index (χ1n) is 7.01. The molecule has 0 aliphatic heterocycles. The van der Waals surface area contributed by atoms with Crippen LogP contribution < -0.4 is 37.7 Å². The van der Waals surface area contributed by atoms with Gasteiger partial charge in [0.05, 0.1) is 0 Å². The van der Waals surface area contributed by atoms with E-state index in [1.165, 1.54) is 36.8 Å². The third-order valence-electron chi connectivity index (χ3n) is 3.50. The van der Waals surface area contributed by atoms with Crippen LogP contribution >= 0.6 is 0 Å². The Labute approximate surface area is 150 Å². The molecule has 0 unspecified atom stereocenters. The van der Waals surface area contributed by atoms with Gasteiger partial charge in [-0.3, -0.25) is 0 Å². The summed E-state index contributed by atoms with van der Waals surface area (Å²) in [7, 11) is 0. The molecule has 0 aliphatic carbocycles. The van der Waals surface area contributed by atoms with Crippen LogP contribution in [0.25, 0.3) is 0 Å². The number of hydrogen-bond donors (Lipinski definition) is 0. The molecule has 0 saturated heterocycles. The number of hydrogen-bond acceptors (Lipinski definition) is 0. The predicted octanol–water partition coefficient (Wildman–Crippen LogP) is -0.368. The molecule has 2 rings (SSSR count). The summed E-state index contributed by atoms with van der Waals surface area (Å²) in [6, 6.07) is 21.8. The summed E-state index contributed by atoms with van der Waals surface area (Å²) in [4.78, 5) is 0. The fraction of sp³-hybridized carbons (Fsp3) is 0.333. The summed E-state index contributed by atoms with van der Waals surface area (Å²) in [5.74, 6) is 0.555. The van der Waals surface area contributed by atoms with Crippen molar-refractivity contribution in [1.29, 1.82) is 0 Å². The minimum absolute atomic E-state index is 0. The molecule has 0 radical (unpaired) electrons. The topological polar surface area (TPSA) is 0 Å². The van der Waals surface area contributed by atoms with Crippen molar-refractivity contribution in [2.24, 2.45) is 0 Å². The molecule has 2 aromatic rings. The maximum absolute atomic E-state index is 2.26. The second-order valence-electron chi connectivity index (χ2n) is 4.87. The first-order valence-corrected chi connectivity index (χ1v) is 7.01. The van der Waals surface area contributed by atoms with E-state index in [2.05, 4.69) is 67.6 Å². The predicted molar refractivity (Wildman–Crippen MR) is 81.1 cm³/mol. The first-order chi connectivity index (χ1) is 8.92. The maximum atomic E-state index is 2.26. The van der Waals surface area contributed by atoms with Crippen LogP contribution in [-0.4, -0.2) is 0 Å². The van der Waals surface area contributed by atoms with Crippen LogP contribution in [0.3, 0.4) is 0 Å². The normalized spacial score (nSPS) is 9.70. The summed E-state index contributed by atoms with van der Waals surface area (Å²) < 4.78 is 0. The van der Waals surface area contributed by atoms with Crippen molar-refractivity contribution in [1.82, 2.24) is 0 Å². The Morgan fingerprint density at radius 2 is 1.20 bits per heavy atom. The van der Waals surface area contributed by atoms with Crippen molar-refractivity contribution in [3.63, 3.8) is 0 Å². The average molecular weight is 254 g/mol. The third kappa shape index (κ3) is 5.95. The summed E-state index contributed by atoms with van der Waals surface area (Å²) in [6.45, 7) is 2.26. The molecule has 0 N–H and O–H groups in total. The van der Waals surface area contributed by atoms with E-state index in [1.54, 1.807) is 0 Å². The molecule has 2 aromatic carbocycles. The Kier molecular flexibility index (Phi) is 11.1. The van der Waals surface area contributed by atoms with Crippen molar-refractivity contribution in [2.45, 2.75) is 38.5 Å². The molecule has 0 nitrogen and oxygen atoms in total. The van der Waals surface area contributed by atoms with Gasteiger partial charge in [0.15, 0.2) is 0 Å². The van der Waals surface area contributed by atoms with Gasteiger partial charge in [0.25, 0.3) is 0 Å². The molecule has 98 valence electrons. The van der Waals surface area contributed by atoms with E-state index < -0.39 is 0 Å². The van der Waals surface area contributed by atoms with Gasteiger partial charge in [0, 0.05) is 5.92 Å². The largest absolute Gasteiger partial charge is 1.00 e. The maximum Gasteiger partial charge on any atom is 1.00 e. The zero-order valence-corrected chi connectivity index (χ0v) is 13.2. The Hall–Kier alpha value is -0.365. The molecule has 0 saturated carbocycles. The SMILES string of the molecule is CCCCCC(c1ccccc1)c1ccccc1.[H-].[H-].[Li+].[Li+]. The Balaban J connectivity index is -0.000000902. The van der Waals surface area contributed by atoms with E-state index in [0.29, 0.717) is 5.92 Å². The standard InChI is InChI=1S/C18H22.2Li.2H/c1-2-3-6-15-18(16-11-7-4-8-12-16)17-13-9-5-10-14-17;;;;/h4-5,7-14,18H,2-3,6,15H2,1H3;;;;/q;2*+1;2*-1. The van der Waals surface area contributed by atoms with E-state index in [9.17, 15) is 0 Å². The van der Waals surface area contributed by atoms with Crippen molar-refractivity contribution in [2.75, 3.05) is 0 Å². The van der Waals surface area contributed by atoms with Crippen LogP contribution in [0.1, 0.15) is 52.5 Å². The molecular weight excluding hydrogens is 230 g/mol. The zero-order chi connectivity index (χ0) is 12.6. The molecule has 2 heteroatoms. The van der Waals surface area contributed by atoms with E-state index in [-0.39, 0.29) is 40.6 Å². The van der Waals surface area contributed by atoms with Gasteiger partial charge in [-0.25, -0.2) is 0 Å². The van der Waals surface area contributed by atoms with Crippen molar-refractivity contribution >= 4 is 0 Å². The van der Waals surface area contributed by atoms with Crippen molar-refractivity contribution < 1.29 is 40.6 Å². The van der Waals surface area contributed by atoms with Crippen molar-refractivity contribution in [3.8, 4) is 0 Å². The first kappa shape index (κ1) is 19.6. The zero-order valence-electron chi connectivity index (χ0n) is 15.2.